The highest BCUT2D eigenvalue weighted by atomic mass is 35.5. The molecule has 0 heterocycles. The van der Waals surface area contributed by atoms with Crippen molar-refractivity contribution in [1.29, 1.82) is 0 Å². The molecule has 6 nitrogen and oxygen atoms in total. The lowest BCUT2D eigenvalue weighted by atomic mass is 10.3. The first kappa shape index (κ1) is 13.5. The van der Waals surface area contributed by atoms with E-state index in [4.69, 9.17) is 27.9 Å². The first-order valence-corrected chi connectivity index (χ1v) is 5.04. The topological polar surface area (TPSA) is 78.7 Å². The van der Waals surface area contributed by atoms with Crippen molar-refractivity contribution in [2.24, 2.45) is 0 Å². The molecule has 0 amide bonds. The maximum Gasteiger partial charge on any atom is 0.343 e. The van der Waals surface area contributed by atoms with Gasteiger partial charge in [-0.1, -0.05) is 23.2 Å². The minimum atomic E-state index is -0.704. The largest absolute Gasteiger partial charge is 0.474 e. The van der Waals surface area contributed by atoms with E-state index in [1.54, 1.807) is 0 Å². The number of carbonyl (C=O) groups is 1. The molecule has 17 heavy (non-hydrogen) atoms. The zero-order valence-electron chi connectivity index (χ0n) is 8.61. The van der Waals surface area contributed by atoms with Crippen LogP contribution in [0.3, 0.4) is 0 Å². The number of hydrogen-bond donors (Lipinski definition) is 0. The minimum Gasteiger partial charge on any atom is -0.474 e. The van der Waals surface area contributed by atoms with Crippen LogP contribution in [0.1, 0.15) is 0 Å². The lowest BCUT2D eigenvalue weighted by Crippen LogP contribution is -2.13. The smallest absolute Gasteiger partial charge is 0.343 e. The maximum atomic E-state index is 10.9. The molecule has 0 N–H and O–H groups in total. The average Bonchev–Trinajstić information content (AvgIpc) is 2.26. The third kappa shape index (κ3) is 3.47. The van der Waals surface area contributed by atoms with E-state index in [1.165, 1.54) is 13.2 Å². The fourth-order valence-electron chi connectivity index (χ4n) is 1.02. The Morgan fingerprint density at radius 1 is 1.47 bits per heavy atom. The number of hydrogen-bond acceptors (Lipinski definition) is 5. The van der Waals surface area contributed by atoms with E-state index in [-0.39, 0.29) is 15.8 Å². The van der Waals surface area contributed by atoms with Crippen LogP contribution in [0.4, 0.5) is 5.69 Å². The van der Waals surface area contributed by atoms with Gasteiger partial charge in [0.2, 0.25) is 5.75 Å². The van der Waals surface area contributed by atoms with E-state index in [9.17, 15) is 14.9 Å². The second-order valence-electron chi connectivity index (χ2n) is 2.86. The lowest BCUT2D eigenvalue weighted by molar-refractivity contribution is -0.385. The maximum absolute atomic E-state index is 10.9. The summed E-state index contributed by atoms with van der Waals surface area (Å²) in [5.74, 6) is -0.892. The van der Waals surface area contributed by atoms with Gasteiger partial charge in [0.15, 0.2) is 6.61 Å². The molecule has 0 aliphatic heterocycles. The summed E-state index contributed by atoms with van der Waals surface area (Å²) in [6.45, 7) is -0.474. The molecular weight excluding hydrogens is 273 g/mol. The summed E-state index contributed by atoms with van der Waals surface area (Å²) in [4.78, 5) is 20.9. The van der Waals surface area contributed by atoms with Gasteiger partial charge in [-0.05, 0) is 6.07 Å². The molecular formula is C9H7Cl2NO5. The third-order valence-electron chi connectivity index (χ3n) is 1.75. The van der Waals surface area contributed by atoms with Crippen LogP contribution >= 0.6 is 23.2 Å². The van der Waals surface area contributed by atoms with Crippen molar-refractivity contribution in [3.63, 3.8) is 0 Å². The van der Waals surface area contributed by atoms with E-state index >= 15 is 0 Å². The van der Waals surface area contributed by atoms with Gasteiger partial charge in [0, 0.05) is 11.1 Å². The van der Waals surface area contributed by atoms with Gasteiger partial charge >= 0.3 is 11.7 Å². The van der Waals surface area contributed by atoms with Gasteiger partial charge in [-0.3, -0.25) is 10.1 Å². The van der Waals surface area contributed by atoms with Crippen LogP contribution in [0, 0.1) is 10.1 Å². The van der Waals surface area contributed by atoms with Crippen molar-refractivity contribution >= 4 is 34.9 Å². The number of methoxy groups -OCH3 is 1. The number of rotatable bonds is 4. The standard InChI is InChI=1S/C9H7Cl2NO5/c1-16-8(13)4-17-9-6(11)2-5(10)3-7(9)12(14)15/h2-3H,4H2,1H3. The summed E-state index contributed by atoms with van der Waals surface area (Å²) >= 11 is 11.4. The monoisotopic (exact) mass is 279 g/mol. The summed E-state index contributed by atoms with van der Waals surface area (Å²) in [5, 5.41) is 10.8. The number of carbonyl (C=O) groups excluding carboxylic acids is 1. The fraction of sp³-hybridized carbons (Fsp3) is 0.222. The molecule has 0 unspecified atom stereocenters. The quantitative estimate of drug-likeness (QED) is 0.481. The zero-order chi connectivity index (χ0) is 13.0. The van der Waals surface area contributed by atoms with Gasteiger partial charge in [0.05, 0.1) is 17.1 Å². The van der Waals surface area contributed by atoms with Crippen LogP contribution in [-0.4, -0.2) is 24.6 Å². The molecule has 0 aliphatic carbocycles. The average molecular weight is 280 g/mol. The molecule has 0 radical (unpaired) electrons. The molecule has 0 aromatic heterocycles. The Hall–Kier alpha value is -1.53. The van der Waals surface area contributed by atoms with Crippen molar-refractivity contribution in [3.8, 4) is 5.75 Å². The number of benzene rings is 1. The zero-order valence-corrected chi connectivity index (χ0v) is 10.1. The summed E-state index contributed by atoms with van der Waals surface area (Å²) < 4.78 is 9.26. The molecule has 0 aliphatic rings. The predicted molar refractivity (Wildman–Crippen MR) is 60.6 cm³/mol. The van der Waals surface area contributed by atoms with Crippen LogP contribution in [0.15, 0.2) is 12.1 Å². The van der Waals surface area contributed by atoms with E-state index in [0.717, 1.165) is 6.07 Å². The van der Waals surface area contributed by atoms with Gasteiger partial charge in [-0.25, -0.2) is 4.79 Å². The lowest BCUT2D eigenvalue weighted by Gasteiger charge is -2.07. The molecule has 0 saturated carbocycles. The first-order valence-electron chi connectivity index (χ1n) is 4.28. The van der Waals surface area contributed by atoms with E-state index < -0.39 is 23.2 Å². The Balaban J connectivity index is 3.04. The Bertz CT molecular complexity index is 463. The Labute approximate surface area is 106 Å². The molecule has 0 bridgehead atoms. The van der Waals surface area contributed by atoms with Crippen LogP contribution in [0.2, 0.25) is 10.0 Å². The Kier molecular flexibility index (Phi) is 4.53. The van der Waals surface area contributed by atoms with Crippen LogP contribution in [0.5, 0.6) is 5.75 Å². The normalized spacial score (nSPS) is 9.82. The predicted octanol–water partition coefficient (Wildman–Crippen LogP) is 2.45. The molecule has 0 saturated heterocycles. The third-order valence-corrected chi connectivity index (χ3v) is 2.25. The van der Waals surface area contributed by atoms with Crippen LogP contribution < -0.4 is 4.74 Å². The SMILES string of the molecule is COC(=O)COc1c(Cl)cc(Cl)cc1[N+](=O)[O-]. The van der Waals surface area contributed by atoms with Gasteiger partial charge < -0.3 is 9.47 Å². The van der Waals surface area contributed by atoms with Crippen LogP contribution in [-0.2, 0) is 9.53 Å². The first-order chi connectivity index (χ1) is 7.95. The molecule has 0 spiro atoms. The van der Waals surface area contributed by atoms with Crippen molar-refractivity contribution in [2.75, 3.05) is 13.7 Å². The van der Waals surface area contributed by atoms with E-state index in [1.807, 2.05) is 0 Å². The Morgan fingerprint density at radius 2 is 2.12 bits per heavy atom. The van der Waals surface area contributed by atoms with Gasteiger partial charge in [0.1, 0.15) is 0 Å². The molecule has 1 aromatic carbocycles. The molecule has 1 aromatic rings. The number of nitrogens with zero attached hydrogens (tertiary/aromatic N) is 1. The summed E-state index contributed by atoms with van der Waals surface area (Å²) in [6, 6.07) is 2.36. The Morgan fingerprint density at radius 3 is 2.65 bits per heavy atom. The number of esters is 1. The van der Waals surface area contributed by atoms with Crippen molar-refractivity contribution < 1.29 is 19.2 Å². The number of ether oxygens (including phenoxy) is 2. The van der Waals surface area contributed by atoms with Crippen molar-refractivity contribution in [3.05, 3.63) is 32.3 Å². The summed E-state index contributed by atoms with van der Waals surface area (Å²) in [5.41, 5.74) is -0.411. The number of halogens is 2. The molecule has 1 rings (SSSR count). The number of nitro groups is 1. The van der Waals surface area contributed by atoms with Gasteiger partial charge in [0.25, 0.3) is 0 Å². The highest BCUT2D eigenvalue weighted by Gasteiger charge is 2.21. The second kappa shape index (κ2) is 5.70. The van der Waals surface area contributed by atoms with Crippen LogP contribution in [0.25, 0.3) is 0 Å². The van der Waals surface area contributed by atoms with E-state index in [0.29, 0.717) is 0 Å². The van der Waals surface area contributed by atoms with Gasteiger partial charge in [-0.2, -0.15) is 0 Å². The molecule has 92 valence electrons. The second-order valence-corrected chi connectivity index (χ2v) is 3.70. The van der Waals surface area contributed by atoms with Gasteiger partial charge in [-0.15, -0.1) is 0 Å². The highest BCUT2D eigenvalue weighted by Crippen LogP contribution is 2.37. The van der Waals surface area contributed by atoms with E-state index in [2.05, 4.69) is 4.74 Å². The highest BCUT2D eigenvalue weighted by molar-refractivity contribution is 6.36. The van der Waals surface area contributed by atoms with Crippen molar-refractivity contribution in [2.45, 2.75) is 0 Å². The minimum absolute atomic E-state index is 0.0481. The summed E-state index contributed by atoms with van der Waals surface area (Å²) in [6.07, 6.45) is 0. The summed E-state index contributed by atoms with van der Waals surface area (Å²) in [7, 11) is 1.17. The fourth-order valence-corrected chi connectivity index (χ4v) is 1.55. The van der Waals surface area contributed by atoms with Crippen molar-refractivity contribution in [1.82, 2.24) is 0 Å². The molecule has 8 heteroatoms. The molecule has 0 fully saturated rings. The number of nitro benzene ring substituents is 1. The molecule has 0 atom stereocenters.